The molecule has 0 aliphatic carbocycles. The first-order chi connectivity index (χ1) is 15.4. The van der Waals surface area contributed by atoms with Gasteiger partial charge >= 0.3 is 0 Å². The quantitative estimate of drug-likeness (QED) is 0.720. The van der Waals surface area contributed by atoms with Crippen molar-refractivity contribution >= 4 is 33.2 Å². The van der Waals surface area contributed by atoms with E-state index in [2.05, 4.69) is 5.32 Å². The van der Waals surface area contributed by atoms with Gasteiger partial charge in [-0.25, -0.2) is 8.42 Å². The lowest BCUT2D eigenvalue weighted by atomic mass is 10.0. The van der Waals surface area contributed by atoms with Crippen LogP contribution in [0.3, 0.4) is 0 Å². The van der Waals surface area contributed by atoms with Crippen LogP contribution in [0.25, 0.3) is 0 Å². The smallest absolute Gasteiger partial charge is 0.255 e. The number of hydrogen-bond acceptors (Lipinski definition) is 5. The fourth-order valence-electron chi connectivity index (χ4n) is 4.17. The van der Waals surface area contributed by atoms with Gasteiger partial charge in [-0.05, 0) is 67.6 Å². The maximum atomic E-state index is 12.7. The summed E-state index contributed by atoms with van der Waals surface area (Å²) in [5.41, 5.74) is 2.76. The van der Waals surface area contributed by atoms with Crippen molar-refractivity contribution in [3.8, 4) is 0 Å². The average molecular weight is 458 g/mol. The van der Waals surface area contributed by atoms with Crippen LogP contribution >= 0.6 is 0 Å². The van der Waals surface area contributed by atoms with E-state index in [0.29, 0.717) is 30.9 Å². The second-order valence-corrected chi connectivity index (χ2v) is 9.95. The molecule has 9 heteroatoms. The Labute approximate surface area is 188 Å². The molecule has 2 aliphatic rings. The van der Waals surface area contributed by atoms with Crippen LogP contribution < -0.4 is 10.2 Å². The standard InChI is InChI=1S/C23H27N3O5S/c1-31-16-22(27)26-14-4-5-17-6-9-19(15-21(17)26)24-23(28)18-7-10-20(11-8-18)32(29,30)25-12-2-3-13-25/h6-11,15H,2-5,12-14,16H2,1H3,(H,24,28). The van der Waals surface area contributed by atoms with E-state index in [4.69, 9.17) is 4.74 Å². The van der Waals surface area contributed by atoms with Crippen LogP contribution in [0.5, 0.6) is 0 Å². The number of methoxy groups -OCH3 is 1. The molecule has 0 aromatic heterocycles. The molecule has 0 unspecified atom stereocenters. The molecule has 0 bridgehead atoms. The van der Waals surface area contributed by atoms with Crippen molar-refractivity contribution in [1.82, 2.24) is 4.31 Å². The third-order valence-electron chi connectivity index (χ3n) is 5.85. The molecule has 1 saturated heterocycles. The zero-order chi connectivity index (χ0) is 22.7. The molecular weight excluding hydrogens is 430 g/mol. The Balaban J connectivity index is 1.49. The Bertz CT molecular complexity index is 1110. The highest BCUT2D eigenvalue weighted by atomic mass is 32.2. The van der Waals surface area contributed by atoms with Crippen LogP contribution in [0.1, 0.15) is 35.2 Å². The van der Waals surface area contributed by atoms with Gasteiger partial charge in [0.1, 0.15) is 6.61 Å². The number of aryl methyl sites for hydroxylation is 1. The summed E-state index contributed by atoms with van der Waals surface area (Å²) in [4.78, 5) is 27.0. The number of ether oxygens (including phenoxy) is 1. The summed E-state index contributed by atoms with van der Waals surface area (Å²) in [5.74, 6) is -0.465. The summed E-state index contributed by atoms with van der Waals surface area (Å²) < 4.78 is 31.8. The van der Waals surface area contributed by atoms with Gasteiger partial charge in [0, 0.05) is 43.7 Å². The molecule has 0 atom stereocenters. The zero-order valence-electron chi connectivity index (χ0n) is 18.0. The van der Waals surface area contributed by atoms with E-state index in [9.17, 15) is 18.0 Å². The van der Waals surface area contributed by atoms with Gasteiger partial charge in [-0.2, -0.15) is 4.31 Å². The molecular formula is C23H27N3O5S. The first kappa shape index (κ1) is 22.4. The fraction of sp³-hybridized carbons (Fsp3) is 0.391. The number of hydrogen-bond donors (Lipinski definition) is 1. The van der Waals surface area contributed by atoms with Crippen LogP contribution in [-0.4, -0.2) is 57.9 Å². The summed E-state index contributed by atoms with van der Waals surface area (Å²) in [7, 11) is -2.03. The van der Waals surface area contributed by atoms with Crippen molar-refractivity contribution < 1.29 is 22.7 Å². The molecule has 170 valence electrons. The minimum atomic E-state index is -3.52. The summed E-state index contributed by atoms with van der Waals surface area (Å²) in [5, 5.41) is 2.85. The number of rotatable bonds is 6. The van der Waals surface area contributed by atoms with Gasteiger partial charge < -0.3 is 15.0 Å². The summed E-state index contributed by atoms with van der Waals surface area (Å²) in [6.45, 7) is 1.68. The Morgan fingerprint density at radius 1 is 1.00 bits per heavy atom. The Morgan fingerprint density at radius 2 is 1.72 bits per heavy atom. The normalized spacial score (nSPS) is 16.6. The lowest BCUT2D eigenvalue weighted by molar-refractivity contribution is -0.122. The maximum absolute atomic E-state index is 12.7. The third kappa shape index (κ3) is 4.55. The molecule has 2 aromatic rings. The number of amides is 2. The summed E-state index contributed by atoms with van der Waals surface area (Å²) in [6, 6.07) is 11.5. The van der Waals surface area contributed by atoms with Crippen molar-refractivity contribution in [1.29, 1.82) is 0 Å². The number of carbonyl (C=O) groups is 2. The van der Waals surface area contributed by atoms with Crippen molar-refractivity contribution in [2.45, 2.75) is 30.6 Å². The number of carbonyl (C=O) groups excluding carboxylic acids is 2. The molecule has 1 N–H and O–H groups in total. The van der Waals surface area contributed by atoms with Gasteiger partial charge in [0.05, 0.1) is 4.90 Å². The number of fused-ring (bicyclic) bond motifs is 1. The molecule has 4 rings (SSSR count). The second-order valence-electron chi connectivity index (χ2n) is 8.02. The predicted octanol–water partition coefficient (Wildman–Crippen LogP) is 2.65. The van der Waals surface area contributed by atoms with Crippen LogP contribution in [-0.2, 0) is 26.0 Å². The first-order valence-electron chi connectivity index (χ1n) is 10.7. The highest BCUT2D eigenvalue weighted by Gasteiger charge is 2.27. The lowest BCUT2D eigenvalue weighted by Gasteiger charge is -2.30. The molecule has 32 heavy (non-hydrogen) atoms. The summed E-state index contributed by atoms with van der Waals surface area (Å²) in [6.07, 6.45) is 3.48. The van der Waals surface area contributed by atoms with Gasteiger partial charge in [-0.15, -0.1) is 0 Å². The lowest BCUT2D eigenvalue weighted by Crippen LogP contribution is -2.37. The van der Waals surface area contributed by atoms with Crippen molar-refractivity contribution in [2.24, 2.45) is 0 Å². The van der Waals surface area contributed by atoms with E-state index in [1.807, 2.05) is 12.1 Å². The van der Waals surface area contributed by atoms with Gasteiger partial charge in [-0.1, -0.05) is 6.07 Å². The number of benzene rings is 2. The SMILES string of the molecule is COCC(=O)N1CCCc2ccc(NC(=O)c3ccc(S(=O)(=O)N4CCCC4)cc3)cc21. The average Bonchev–Trinajstić information content (AvgIpc) is 3.35. The predicted molar refractivity (Wildman–Crippen MR) is 121 cm³/mol. The highest BCUT2D eigenvalue weighted by Crippen LogP contribution is 2.30. The number of nitrogens with zero attached hydrogens (tertiary/aromatic N) is 2. The Morgan fingerprint density at radius 3 is 2.41 bits per heavy atom. The minimum Gasteiger partial charge on any atom is -0.375 e. The molecule has 0 radical (unpaired) electrons. The Hall–Kier alpha value is -2.75. The van der Waals surface area contributed by atoms with Crippen molar-refractivity contribution in [3.05, 3.63) is 53.6 Å². The molecule has 8 nitrogen and oxygen atoms in total. The molecule has 2 heterocycles. The zero-order valence-corrected chi connectivity index (χ0v) is 18.9. The van der Waals surface area contributed by atoms with Gasteiger partial charge in [0.25, 0.3) is 11.8 Å². The molecule has 0 saturated carbocycles. The van der Waals surface area contributed by atoms with E-state index in [1.165, 1.54) is 35.7 Å². The maximum Gasteiger partial charge on any atom is 0.255 e. The number of sulfonamides is 1. The fourth-order valence-corrected chi connectivity index (χ4v) is 5.69. The molecule has 1 fully saturated rings. The number of anilines is 2. The van der Waals surface area contributed by atoms with Crippen LogP contribution in [0.4, 0.5) is 11.4 Å². The topological polar surface area (TPSA) is 96.0 Å². The van der Waals surface area contributed by atoms with E-state index in [0.717, 1.165) is 36.9 Å². The van der Waals surface area contributed by atoms with E-state index < -0.39 is 10.0 Å². The van der Waals surface area contributed by atoms with E-state index >= 15 is 0 Å². The van der Waals surface area contributed by atoms with Crippen LogP contribution in [0.15, 0.2) is 47.4 Å². The van der Waals surface area contributed by atoms with Gasteiger partial charge in [-0.3, -0.25) is 9.59 Å². The molecule has 2 aromatic carbocycles. The van der Waals surface area contributed by atoms with Crippen molar-refractivity contribution in [2.75, 3.05) is 43.6 Å². The first-order valence-corrected chi connectivity index (χ1v) is 12.2. The third-order valence-corrected chi connectivity index (χ3v) is 7.76. The highest BCUT2D eigenvalue weighted by molar-refractivity contribution is 7.89. The summed E-state index contributed by atoms with van der Waals surface area (Å²) >= 11 is 0. The molecule has 2 aliphatic heterocycles. The van der Waals surface area contributed by atoms with Crippen LogP contribution in [0, 0.1) is 0 Å². The van der Waals surface area contributed by atoms with Gasteiger partial charge in [0.2, 0.25) is 10.0 Å². The van der Waals surface area contributed by atoms with Gasteiger partial charge in [0.15, 0.2) is 0 Å². The monoisotopic (exact) mass is 457 g/mol. The van der Waals surface area contributed by atoms with Crippen molar-refractivity contribution in [3.63, 3.8) is 0 Å². The van der Waals surface area contributed by atoms with Crippen LogP contribution in [0.2, 0.25) is 0 Å². The molecule has 2 amide bonds. The largest absolute Gasteiger partial charge is 0.375 e. The second kappa shape index (κ2) is 9.40. The number of nitrogens with one attached hydrogen (secondary N) is 1. The molecule has 0 spiro atoms. The van der Waals surface area contributed by atoms with E-state index in [-0.39, 0.29) is 23.3 Å². The van der Waals surface area contributed by atoms with E-state index in [1.54, 1.807) is 11.0 Å². The Kier molecular flexibility index (Phi) is 6.59. The minimum absolute atomic E-state index is 0.00269.